The van der Waals surface area contributed by atoms with Crippen molar-refractivity contribution in [1.82, 2.24) is 0 Å². The van der Waals surface area contributed by atoms with E-state index in [1.807, 2.05) is 6.92 Å². The topological polar surface area (TPSA) is 98.3 Å². The monoisotopic (exact) mass is 271 g/mol. The number of nitrogens with one attached hydrogen (secondary N) is 1. The summed E-state index contributed by atoms with van der Waals surface area (Å²) in [4.78, 5) is 21.7. The number of nitro benzene ring substituents is 1. The van der Waals surface area contributed by atoms with Gasteiger partial charge in [-0.3, -0.25) is 14.9 Å². The number of benzene rings is 1. The molecule has 0 aliphatic rings. The van der Waals surface area contributed by atoms with Crippen molar-refractivity contribution in [3.05, 3.63) is 33.3 Å². The van der Waals surface area contributed by atoms with Crippen LogP contribution in [0.4, 0.5) is 11.4 Å². The number of carbonyl (C=O) groups excluding carboxylic acids is 1. The number of carbonyl (C=O) groups is 1. The van der Waals surface area contributed by atoms with Gasteiger partial charge in [-0.05, 0) is 18.6 Å². The molecular formula is C11H14ClN3O3. The summed E-state index contributed by atoms with van der Waals surface area (Å²) < 4.78 is 0. The van der Waals surface area contributed by atoms with E-state index in [4.69, 9.17) is 17.3 Å². The molecule has 0 fully saturated rings. The lowest BCUT2D eigenvalue weighted by Gasteiger charge is -2.11. The lowest BCUT2D eigenvalue weighted by molar-refractivity contribution is -0.384. The zero-order valence-electron chi connectivity index (χ0n) is 9.85. The van der Waals surface area contributed by atoms with Gasteiger partial charge in [-0.1, -0.05) is 24.9 Å². The molecular weight excluding hydrogens is 258 g/mol. The van der Waals surface area contributed by atoms with Gasteiger partial charge in [0.1, 0.15) is 5.02 Å². The summed E-state index contributed by atoms with van der Waals surface area (Å²) in [6, 6.07) is 3.44. The Balaban J connectivity index is 2.82. The number of amides is 1. The van der Waals surface area contributed by atoms with Crippen molar-refractivity contribution in [2.24, 2.45) is 5.73 Å². The SMILES string of the molecule is CCC[C@H](N)C(=O)Nc1ccc(Cl)c([N+](=O)[O-])c1. The van der Waals surface area contributed by atoms with Crippen LogP contribution in [0, 0.1) is 10.1 Å². The van der Waals surface area contributed by atoms with Gasteiger partial charge in [0, 0.05) is 11.8 Å². The molecule has 7 heteroatoms. The summed E-state index contributed by atoms with van der Waals surface area (Å²) in [7, 11) is 0. The first kappa shape index (κ1) is 14.4. The highest BCUT2D eigenvalue weighted by molar-refractivity contribution is 6.32. The number of hydrogen-bond donors (Lipinski definition) is 2. The van der Waals surface area contributed by atoms with Gasteiger partial charge in [-0.15, -0.1) is 0 Å². The summed E-state index contributed by atoms with van der Waals surface area (Å²) in [5.41, 5.74) is 5.69. The van der Waals surface area contributed by atoms with Crippen molar-refractivity contribution in [3.8, 4) is 0 Å². The molecule has 1 rings (SSSR count). The van der Waals surface area contributed by atoms with E-state index in [2.05, 4.69) is 5.32 Å². The van der Waals surface area contributed by atoms with E-state index in [0.717, 1.165) is 6.42 Å². The van der Waals surface area contributed by atoms with Gasteiger partial charge in [0.25, 0.3) is 5.69 Å². The van der Waals surface area contributed by atoms with Crippen molar-refractivity contribution in [2.75, 3.05) is 5.32 Å². The zero-order valence-corrected chi connectivity index (χ0v) is 10.6. The molecule has 0 aliphatic heterocycles. The van der Waals surface area contributed by atoms with Gasteiger partial charge in [-0.2, -0.15) is 0 Å². The number of anilines is 1. The first-order chi connectivity index (χ1) is 8.45. The molecule has 98 valence electrons. The Kier molecular flexibility index (Phi) is 5.06. The molecule has 3 N–H and O–H groups in total. The van der Waals surface area contributed by atoms with E-state index in [1.54, 1.807) is 0 Å². The number of hydrogen-bond acceptors (Lipinski definition) is 4. The van der Waals surface area contributed by atoms with Crippen molar-refractivity contribution < 1.29 is 9.72 Å². The van der Waals surface area contributed by atoms with Gasteiger partial charge in [0.2, 0.25) is 5.91 Å². The van der Waals surface area contributed by atoms with E-state index in [0.29, 0.717) is 12.1 Å². The lowest BCUT2D eigenvalue weighted by atomic mass is 10.1. The Bertz CT molecular complexity index is 465. The van der Waals surface area contributed by atoms with Crippen molar-refractivity contribution in [2.45, 2.75) is 25.8 Å². The van der Waals surface area contributed by atoms with Gasteiger partial charge >= 0.3 is 0 Å². The molecule has 1 amide bonds. The molecule has 0 saturated carbocycles. The molecule has 0 aliphatic carbocycles. The van der Waals surface area contributed by atoms with Crippen molar-refractivity contribution in [3.63, 3.8) is 0 Å². The van der Waals surface area contributed by atoms with E-state index >= 15 is 0 Å². The second-order valence-electron chi connectivity index (χ2n) is 3.81. The smallest absolute Gasteiger partial charge is 0.289 e. The van der Waals surface area contributed by atoms with Crippen molar-refractivity contribution >= 4 is 28.9 Å². The third kappa shape index (κ3) is 3.68. The van der Waals surface area contributed by atoms with Crippen LogP contribution in [-0.4, -0.2) is 16.9 Å². The Labute approximate surface area is 109 Å². The first-order valence-electron chi connectivity index (χ1n) is 5.46. The fourth-order valence-corrected chi connectivity index (χ4v) is 1.59. The number of nitro groups is 1. The van der Waals surface area contributed by atoms with Gasteiger partial charge in [0.15, 0.2) is 0 Å². The van der Waals surface area contributed by atoms with Crippen LogP contribution < -0.4 is 11.1 Å². The van der Waals surface area contributed by atoms with Crippen LogP contribution in [0.15, 0.2) is 18.2 Å². The molecule has 0 heterocycles. The third-order valence-corrected chi connectivity index (χ3v) is 2.67. The van der Waals surface area contributed by atoms with Crippen LogP contribution >= 0.6 is 11.6 Å². The molecule has 0 bridgehead atoms. The van der Waals surface area contributed by atoms with Gasteiger partial charge < -0.3 is 11.1 Å². The lowest BCUT2D eigenvalue weighted by Crippen LogP contribution is -2.35. The summed E-state index contributed by atoms with van der Waals surface area (Å²) in [5.74, 6) is -0.367. The van der Waals surface area contributed by atoms with Crippen molar-refractivity contribution in [1.29, 1.82) is 0 Å². The van der Waals surface area contributed by atoms with Gasteiger partial charge in [-0.25, -0.2) is 0 Å². The predicted octanol–water partition coefficient (Wildman–Crippen LogP) is 2.31. The van der Waals surface area contributed by atoms with E-state index in [1.165, 1.54) is 18.2 Å². The number of nitrogens with two attached hydrogens (primary N) is 1. The summed E-state index contributed by atoms with van der Waals surface area (Å²) >= 11 is 5.66. The number of rotatable bonds is 5. The summed E-state index contributed by atoms with van der Waals surface area (Å²) in [5, 5.41) is 13.2. The number of halogens is 1. The molecule has 0 spiro atoms. The summed E-state index contributed by atoms with van der Waals surface area (Å²) in [6.45, 7) is 1.92. The Morgan fingerprint density at radius 3 is 2.83 bits per heavy atom. The van der Waals surface area contributed by atoms with Crippen LogP contribution in [0.1, 0.15) is 19.8 Å². The third-order valence-electron chi connectivity index (χ3n) is 2.35. The Morgan fingerprint density at radius 2 is 2.28 bits per heavy atom. The zero-order chi connectivity index (χ0) is 13.7. The summed E-state index contributed by atoms with van der Waals surface area (Å²) in [6.07, 6.45) is 1.34. The largest absolute Gasteiger partial charge is 0.324 e. The van der Waals surface area contributed by atoms with E-state index in [-0.39, 0.29) is 16.6 Å². The highest BCUT2D eigenvalue weighted by Gasteiger charge is 2.16. The molecule has 1 aromatic rings. The first-order valence-corrected chi connectivity index (χ1v) is 5.84. The Morgan fingerprint density at radius 1 is 1.61 bits per heavy atom. The molecule has 0 saturated heterocycles. The van der Waals surface area contributed by atoms with Crippen LogP contribution in [0.25, 0.3) is 0 Å². The minimum Gasteiger partial charge on any atom is -0.324 e. The maximum atomic E-state index is 11.6. The van der Waals surface area contributed by atoms with Crippen LogP contribution in [0.2, 0.25) is 5.02 Å². The van der Waals surface area contributed by atoms with Gasteiger partial charge in [0.05, 0.1) is 11.0 Å². The second kappa shape index (κ2) is 6.32. The predicted molar refractivity (Wildman–Crippen MR) is 69.6 cm³/mol. The minimum absolute atomic E-state index is 0.0239. The van der Waals surface area contributed by atoms with E-state index in [9.17, 15) is 14.9 Å². The molecule has 1 atom stereocenters. The normalized spacial score (nSPS) is 11.9. The minimum atomic E-state index is -0.621. The maximum Gasteiger partial charge on any atom is 0.289 e. The fraction of sp³-hybridized carbons (Fsp3) is 0.364. The average Bonchev–Trinajstić information content (AvgIpc) is 2.31. The average molecular weight is 272 g/mol. The fourth-order valence-electron chi connectivity index (χ4n) is 1.41. The highest BCUT2D eigenvalue weighted by atomic mass is 35.5. The Hall–Kier alpha value is -1.66. The van der Waals surface area contributed by atoms with Crippen LogP contribution in [0.3, 0.4) is 0 Å². The number of nitrogens with zero attached hydrogens (tertiary/aromatic N) is 1. The maximum absolute atomic E-state index is 11.6. The molecule has 0 aromatic heterocycles. The highest BCUT2D eigenvalue weighted by Crippen LogP contribution is 2.27. The molecule has 18 heavy (non-hydrogen) atoms. The molecule has 0 unspecified atom stereocenters. The van der Waals surface area contributed by atoms with Crippen LogP contribution in [0.5, 0.6) is 0 Å². The molecule has 6 nitrogen and oxygen atoms in total. The molecule has 1 aromatic carbocycles. The molecule has 0 radical (unpaired) electrons. The van der Waals surface area contributed by atoms with E-state index < -0.39 is 11.0 Å². The standard InChI is InChI=1S/C11H14ClN3O3/c1-2-3-9(13)11(16)14-7-4-5-8(12)10(6-7)15(17)18/h4-6,9H,2-3,13H2,1H3,(H,14,16)/t9-/m0/s1. The second-order valence-corrected chi connectivity index (χ2v) is 4.21. The van der Waals surface area contributed by atoms with Crippen LogP contribution in [-0.2, 0) is 4.79 Å². The quantitative estimate of drug-likeness (QED) is 0.634.